The largest absolute Gasteiger partial charge is 0.451 e. The first-order valence-electron chi connectivity index (χ1n) is 13.1. The standard InChI is InChI=1S/C28H32FN5O4/c1-15(2)25(28(37)31-18-13-30-14-18)34-27(36)23-10-9-22(38-23)17-7-6-16(20(29)12-17)8-11-24-32-21-5-3-4-19(21)26(35)33-24/h6-7,9-10,12,15,18,25,30H,3-5,8,11,13-14H2,1-2H3,(H,31,37)(H,34,36)(H,32,33,35)/t25-/m0/s1. The van der Waals surface area contributed by atoms with Gasteiger partial charge in [0.2, 0.25) is 5.91 Å². The summed E-state index contributed by atoms with van der Waals surface area (Å²) in [5.41, 5.74) is 2.52. The lowest BCUT2D eigenvalue weighted by Crippen LogP contribution is -2.61. The molecule has 2 aliphatic rings. The molecular formula is C28H32FN5O4. The molecule has 1 aliphatic heterocycles. The van der Waals surface area contributed by atoms with Crippen LogP contribution in [0.3, 0.4) is 0 Å². The van der Waals surface area contributed by atoms with Crippen molar-refractivity contribution < 1.29 is 18.4 Å². The maximum atomic E-state index is 14.9. The molecule has 1 aromatic carbocycles. The monoisotopic (exact) mass is 521 g/mol. The van der Waals surface area contributed by atoms with E-state index in [1.54, 1.807) is 18.2 Å². The van der Waals surface area contributed by atoms with Crippen molar-refractivity contribution in [3.8, 4) is 11.3 Å². The number of rotatable bonds is 9. The number of carbonyl (C=O) groups excluding carboxylic acids is 2. The van der Waals surface area contributed by atoms with Gasteiger partial charge in [-0.1, -0.05) is 26.0 Å². The lowest BCUT2D eigenvalue weighted by Gasteiger charge is -2.30. The van der Waals surface area contributed by atoms with Gasteiger partial charge in [0.25, 0.3) is 11.5 Å². The van der Waals surface area contributed by atoms with Gasteiger partial charge in [-0.25, -0.2) is 9.37 Å². The number of carbonyl (C=O) groups is 2. The van der Waals surface area contributed by atoms with Crippen molar-refractivity contribution in [1.29, 1.82) is 0 Å². The van der Waals surface area contributed by atoms with Crippen LogP contribution >= 0.6 is 0 Å². The molecule has 0 spiro atoms. The fourth-order valence-corrected chi connectivity index (χ4v) is 4.81. The molecule has 0 radical (unpaired) electrons. The van der Waals surface area contributed by atoms with Crippen molar-refractivity contribution in [1.82, 2.24) is 25.9 Å². The third-order valence-corrected chi connectivity index (χ3v) is 7.15. The molecule has 9 nitrogen and oxygen atoms in total. The average Bonchev–Trinajstić information content (AvgIpc) is 3.54. The predicted octanol–water partition coefficient (Wildman–Crippen LogP) is 2.29. The Morgan fingerprint density at radius 2 is 1.97 bits per heavy atom. The van der Waals surface area contributed by atoms with E-state index in [-0.39, 0.29) is 29.2 Å². The van der Waals surface area contributed by atoms with Crippen molar-refractivity contribution in [2.24, 2.45) is 5.92 Å². The van der Waals surface area contributed by atoms with Crippen LogP contribution in [0.5, 0.6) is 0 Å². The number of aromatic amines is 1. The Morgan fingerprint density at radius 1 is 1.16 bits per heavy atom. The number of hydrogen-bond acceptors (Lipinski definition) is 6. The number of hydrogen-bond donors (Lipinski definition) is 4. The quantitative estimate of drug-likeness (QED) is 0.342. The van der Waals surface area contributed by atoms with E-state index in [1.807, 2.05) is 13.8 Å². The van der Waals surface area contributed by atoms with Crippen LogP contribution in [-0.2, 0) is 30.5 Å². The van der Waals surface area contributed by atoms with Gasteiger partial charge in [0.15, 0.2) is 5.76 Å². The lowest BCUT2D eigenvalue weighted by atomic mass is 10.0. The minimum Gasteiger partial charge on any atom is -0.451 e. The highest BCUT2D eigenvalue weighted by Crippen LogP contribution is 2.25. The summed E-state index contributed by atoms with van der Waals surface area (Å²) in [5.74, 6) is -0.314. The minimum atomic E-state index is -0.705. The fourth-order valence-electron chi connectivity index (χ4n) is 4.81. The molecule has 5 rings (SSSR count). The second-order valence-electron chi connectivity index (χ2n) is 10.3. The SMILES string of the molecule is CC(C)[C@H](NC(=O)c1ccc(-c2ccc(CCc3nc4c(c(=O)[nH]3)CCC4)c(F)c2)o1)C(=O)NC1CNC1. The summed E-state index contributed by atoms with van der Waals surface area (Å²) >= 11 is 0. The molecule has 4 N–H and O–H groups in total. The van der Waals surface area contributed by atoms with Crippen LogP contribution < -0.4 is 21.5 Å². The molecule has 1 saturated heterocycles. The van der Waals surface area contributed by atoms with E-state index in [4.69, 9.17) is 4.42 Å². The highest BCUT2D eigenvalue weighted by Gasteiger charge is 2.29. The molecule has 38 heavy (non-hydrogen) atoms. The first-order chi connectivity index (χ1) is 18.3. The third-order valence-electron chi connectivity index (χ3n) is 7.15. The number of benzene rings is 1. The van der Waals surface area contributed by atoms with Crippen LogP contribution in [0.25, 0.3) is 11.3 Å². The van der Waals surface area contributed by atoms with Gasteiger partial charge in [-0.15, -0.1) is 0 Å². The Balaban J connectivity index is 1.22. The zero-order valence-electron chi connectivity index (χ0n) is 21.5. The van der Waals surface area contributed by atoms with E-state index in [0.717, 1.165) is 30.5 Å². The zero-order chi connectivity index (χ0) is 26.8. The van der Waals surface area contributed by atoms with Gasteiger partial charge in [-0.05, 0) is 55.4 Å². The number of H-pyrrole nitrogens is 1. The topological polar surface area (TPSA) is 129 Å². The number of aromatic nitrogens is 2. The molecule has 1 fully saturated rings. The van der Waals surface area contributed by atoms with Crippen molar-refractivity contribution in [2.75, 3.05) is 13.1 Å². The van der Waals surface area contributed by atoms with Crippen molar-refractivity contribution in [3.63, 3.8) is 0 Å². The van der Waals surface area contributed by atoms with Crippen molar-refractivity contribution >= 4 is 11.8 Å². The molecule has 3 aromatic rings. The molecule has 2 aromatic heterocycles. The molecular weight excluding hydrogens is 489 g/mol. The first kappa shape index (κ1) is 25.8. The van der Waals surface area contributed by atoms with Crippen molar-refractivity contribution in [2.45, 2.75) is 58.0 Å². The Kier molecular flexibility index (Phi) is 7.42. The van der Waals surface area contributed by atoms with E-state index >= 15 is 0 Å². The summed E-state index contributed by atoms with van der Waals surface area (Å²) in [4.78, 5) is 45.0. The molecule has 200 valence electrons. The molecule has 10 heteroatoms. The lowest BCUT2D eigenvalue weighted by molar-refractivity contribution is -0.125. The molecule has 0 bridgehead atoms. The van der Waals surface area contributed by atoms with Gasteiger partial charge < -0.3 is 25.4 Å². The fraction of sp³-hybridized carbons (Fsp3) is 0.429. The van der Waals surface area contributed by atoms with Crippen LogP contribution in [0.15, 0.2) is 39.5 Å². The van der Waals surface area contributed by atoms with Crippen LogP contribution in [0.2, 0.25) is 0 Å². The van der Waals surface area contributed by atoms with Crippen molar-refractivity contribution in [3.05, 3.63) is 74.9 Å². The summed E-state index contributed by atoms with van der Waals surface area (Å²) in [7, 11) is 0. The minimum absolute atomic E-state index is 0.0416. The van der Waals surface area contributed by atoms with Gasteiger partial charge in [0.1, 0.15) is 23.4 Å². The number of furan rings is 1. The average molecular weight is 522 g/mol. The van der Waals surface area contributed by atoms with Gasteiger partial charge in [0, 0.05) is 30.6 Å². The third kappa shape index (κ3) is 5.55. The van der Waals surface area contributed by atoms with Crippen LogP contribution in [0.4, 0.5) is 4.39 Å². The second-order valence-corrected chi connectivity index (χ2v) is 10.3. The molecule has 0 saturated carbocycles. The van der Waals surface area contributed by atoms with Gasteiger partial charge >= 0.3 is 0 Å². The van der Waals surface area contributed by atoms with E-state index in [2.05, 4.69) is 25.9 Å². The molecule has 0 unspecified atom stereocenters. The van der Waals surface area contributed by atoms with Crippen LogP contribution in [0.1, 0.15) is 53.5 Å². The van der Waals surface area contributed by atoms with E-state index < -0.39 is 17.8 Å². The Labute approximate surface area is 219 Å². The number of halogens is 1. The smallest absolute Gasteiger partial charge is 0.287 e. The number of nitrogens with one attached hydrogen (secondary N) is 4. The first-order valence-corrected chi connectivity index (χ1v) is 13.1. The number of amides is 2. The maximum Gasteiger partial charge on any atom is 0.287 e. The molecule has 2 amide bonds. The van der Waals surface area contributed by atoms with Gasteiger partial charge in [-0.2, -0.15) is 0 Å². The zero-order valence-corrected chi connectivity index (χ0v) is 21.5. The maximum absolute atomic E-state index is 14.9. The Hall–Kier alpha value is -3.79. The molecule has 1 aliphatic carbocycles. The molecule has 3 heterocycles. The number of fused-ring (bicyclic) bond motifs is 1. The Bertz CT molecular complexity index is 1410. The summed E-state index contributed by atoms with van der Waals surface area (Å²) in [6, 6.07) is 7.25. The highest BCUT2D eigenvalue weighted by molar-refractivity contribution is 5.96. The van der Waals surface area contributed by atoms with E-state index in [1.165, 1.54) is 12.1 Å². The predicted molar refractivity (Wildman–Crippen MR) is 139 cm³/mol. The normalized spacial score (nSPS) is 15.7. The van der Waals surface area contributed by atoms with Crippen LogP contribution in [0, 0.1) is 11.7 Å². The highest BCUT2D eigenvalue weighted by atomic mass is 19.1. The Morgan fingerprint density at radius 3 is 2.68 bits per heavy atom. The van der Waals surface area contributed by atoms with E-state index in [9.17, 15) is 18.8 Å². The summed E-state index contributed by atoms with van der Waals surface area (Å²) < 4.78 is 20.6. The second kappa shape index (κ2) is 10.9. The summed E-state index contributed by atoms with van der Waals surface area (Å²) in [6.45, 7) is 5.15. The summed E-state index contributed by atoms with van der Waals surface area (Å²) in [5, 5.41) is 8.77. The van der Waals surface area contributed by atoms with Crippen LogP contribution in [-0.4, -0.2) is 47.0 Å². The number of aryl methyl sites for hydroxylation is 3. The van der Waals surface area contributed by atoms with E-state index in [0.29, 0.717) is 48.6 Å². The van der Waals surface area contributed by atoms with Gasteiger partial charge in [-0.3, -0.25) is 14.4 Å². The number of nitrogens with zero attached hydrogens (tertiary/aromatic N) is 1. The van der Waals surface area contributed by atoms with Gasteiger partial charge in [0.05, 0.1) is 11.7 Å². The summed E-state index contributed by atoms with van der Waals surface area (Å²) in [6.07, 6.45) is 3.31. The molecule has 1 atom stereocenters.